The summed E-state index contributed by atoms with van der Waals surface area (Å²) in [6.45, 7) is 9.78. The number of nitrogens with one attached hydrogen (secondary N) is 2. The fraction of sp³-hybridized carbons (Fsp3) is 0.846. The number of nitrogens with zero attached hydrogens (tertiary/aromatic N) is 1. The van der Waals surface area contributed by atoms with E-state index >= 15 is 0 Å². The van der Waals surface area contributed by atoms with Gasteiger partial charge in [-0.3, -0.25) is 0 Å². The second kappa shape index (κ2) is 13.3. The molecule has 0 spiro atoms. The summed E-state index contributed by atoms with van der Waals surface area (Å²) in [4.78, 5) is 2.75. The van der Waals surface area contributed by atoms with Crippen LogP contribution in [-0.2, 0) is 0 Å². The molecule has 2 heterocycles. The smallest absolute Gasteiger partial charge is 0.0471 e. The molecule has 0 amide bonds. The van der Waals surface area contributed by atoms with Gasteiger partial charge in [0.25, 0.3) is 0 Å². The Balaban J connectivity index is 0.00000181. The van der Waals surface area contributed by atoms with Gasteiger partial charge in [-0.2, -0.15) is 0 Å². The summed E-state index contributed by atoms with van der Waals surface area (Å²) in [5.41, 5.74) is 1.61. The van der Waals surface area contributed by atoms with E-state index in [0.717, 1.165) is 17.8 Å². The van der Waals surface area contributed by atoms with Gasteiger partial charge in [-0.15, -0.1) is 11.6 Å². The van der Waals surface area contributed by atoms with Gasteiger partial charge in [0.1, 0.15) is 0 Å². The van der Waals surface area contributed by atoms with Gasteiger partial charge in [0.15, 0.2) is 0 Å². The van der Waals surface area contributed by atoms with Crippen molar-refractivity contribution >= 4 is 11.6 Å². The summed E-state index contributed by atoms with van der Waals surface area (Å²) >= 11 is 6.33. The number of rotatable bonds is 7. The van der Waals surface area contributed by atoms with E-state index in [1.165, 1.54) is 84.0 Å². The number of fused-ring (bicyclic) bond motifs is 1. The molecular formula is C26H48ClN3O2. The van der Waals surface area contributed by atoms with Crippen LogP contribution in [0.1, 0.15) is 71.6 Å². The highest BCUT2D eigenvalue weighted by atomic mass is 35.5. The lowest BCUT2D eigenvalue weighted by Gasteiger charge is -2.40. The molecule has 4 aliphatic rings. The molecule has 32 heavy (non-hydrogen) atoms. The Morgan fingerprint density at radius 3 is 2.38 bits per heavy atom. The second-order valence-corrected chi connectivity index (χ2v) is 11.5. The first-order valence-corrected chi connectivity index (χ1v) is 13.2. The van der Waals surface area contributed by atoms with Crippen molar-refractivity contribution in [3.05, 3.63) is 23.9 Å². The Hall–Kier alpha value is -0.590. The number of hydrogen-bond acceptors (Lipinski definition) is 3. The number of dihydropyridines is 1. The van der Waals surface area contributed by atoms with Crippen molar-refractivity contribution in [1.82, 2.24) is 15.5 Å². The van der Waals surface area contributed by atoms with Crippen LogP contribution in [0, 0.1) is 23.7 Å². The summed E-state index contributed by atoms with van der Waals surface area (Å²) < 4.78 is 0. The van der Waals surface area contributed by atoms with E-state index < -0.39 is 0 Å². The molecule has 2 aliphatic carbocycles. The zero-order valence-electron chi connectivity index (χ0n) is 20.3. The average molecular weight is 470 g/mol. The first-order chi connectivity index (χ1) is 14.6. The Bertz CT molecular complexity index is 596. The maximum Gasteiger partial charge on any atom is 0.0471 e. The van der Waals surface area contributed by atoms with Crippen molar-refractivity contribution in [2.24, 2.45) is 23.7 Å². The third-order valence-corrected chi connectivity index (χ3v) is 8.90. The van der Waals surface area contributed by atoms with Crippen LogP contribution >= 0.6 is 11.6 Å². The van der Waals surface area contributed by atoms with Crippen LogP contribution in [0.5, 0.6) is 0 Å². The minimum Gasteiger partial charge on any atom is -0.412 e. The zero-order valence-corrected chi connectivity index (χ0v) is 21.0. The average Bonchev–Trinajstić information content (AvgIpc) is 2.77. The lowest BCUT2D eigenvalue weighted by atomic mass is 9.75. The molecule has 2 unspecified atom stereocenters. The van der Waals surface area contributed by atoms with Crippen LogP contribution in [-0.4, -0.2) is 59.5 Å². The van der Waals surface area contributed by atoms with Crippen molar-refractivity contribution in [1.29, 1.82) is 0 Å². The predicted molar refractivity (Wildman–Crippen MR) is 136 cm³/mol. The minimum absolute atomic E-state index is 0. The lowest BCUT2D eigenvalue weighted by molar-refractivity contribution is 0.112. The van der Waals surface area contributed by atoms with Gasteiger partial charge in [-0.1, -0.05) is 19.9 Å². The highest BCUT2D eigenvalue weighted by Crippen LogP contribution is 2.37. The van der Waals surface area contributed by atoms with Crippen molar-refractivity contribution < 1.29 is 11.0 Å². The number of alkyl halides is 1. The number of piperidine rings is 1. The van der Waals surface area contributed by atoms with E-state index in [1.54, 1.807) is 5.57 Å². The molecule has 0 aromatic rings. The molecule has 3 atom stereocenters. The topological polar surface area (TPSA) is 90.3 Å². The number of likely N-dealkylation sites (tertiary alicyclic amines) is 1. The predicted octanol–water partition coefficient (Wildman–Crippen LogP) is 3.67. The van der Waals surface area contributed by atoms with Gasteiger partial charge in [-0.05, 0) is 119 Å². The first kappa shape index (κ1) is 27.7. The van der Waals surface area contributed by atoms with Gasteiger partial charge in [-0.25, -0.2) is 0 Å². The molecule has 5 nitrogen and oxygen atoms in total. The van der Waals surface area contributed by atoms with Crippen molar-refractivity contribution in [2.45, 2.75) is 89.1 Å². The monoisotopic (exact) mass is 469 g/mol. The molecule has 1 saturated heterocycles. The Morgan fingerprint density at radius 2 is 1.69 bits per heavy atom. The molecule has 186 valence electrons. The van der Waals surface area contributed by atoms with Crippen LogP contribution in [0.25, 0.3) is 0 Å². The molecule has 3 fully saturated rings. The van der Waals surface area contributed by atoms with Crippen LogP contribution in [0.4, 0.5) is 0 Å². The third kappa shape index (κ3) is 7.46. The number of hydrogen-bond donors (Lipinski definition) is 2. The molecule has 0 bridgehead atoms. The van der Waals surface area contributed by atoms with Gasteiger partial charge >= 0.3 is 0 Å². The molecule has 2 aliphatic heterocycles. The van der Waals surface area contributed by atoms with E-state index in [9.17, 15) is 0 Å². The fourth-order valence-corrected chi connectivity index (χ4v) is 6.57. The molecule has 2 saturated carbocycles. The van der Waals surface area contributed by atoms with Crippen LogP contribution in [0.2, 0.25) is 0 Å². The van der Waals surface area contributed by atoms with Crippen LogP contribution in [0.3, 0.4) is 0 Å². The molecule has 6 heteroatoms. The van der Waals surface area contributed by atoms with E-state index in [1.807, 2.05) is 0 Å². The number of halogens is 1. The summed E-state index contributed by atoms with van der Waals surface area (Å²) in [7, 11) is 0. The fourth-order valence-electron chi connectivity index (χ4n) is 6.32. The highest BCUT2D eigenvalue weighted by Gasteiger charge is 2.31. The molecular weight excluding hydrogens is 422 g/mol. The maximum atomic E-state index is 6.33. The lowest BCUT2D eigenvalue weighted by Crippen LogP contribution is -2.49. The molecule has 0 aromatic heterocycles. The quantitative estimate of drug-likeness (QED) is 0.557. The molecule has 6 N–H and O–H groups in total. The van der Waals surface area contributed by atoms with Crippen molar-refractivity contribution in [3.8, 4) is 0 Å². The standard InChI is InChI=1S/C26H44ClN3.2H2O/c1-19(2)26(29-17-20-5-10-25-23(16-20)4-3-13-28-25)18-30-14-11-22(12-15-30)21-6-8-24(27)9-7-21;;/h3-4,13,19-22,24-26,28-29H,5-12,14-18H2,1-2H3;2*1H2/t20?,21?,24?,25?,26-;;/m0../s1. The van der Waals surface area contributed by atoms with Crippen LogP contribution in [0.15, 0.2) is 23.9 Å². The third-order valence-electron chi connectivity index (χ3n) is 8.47. The normalized spacial score (nSPS) is 32.2. The summed E-state index contributed by atoms with van der Waals surface area (Å²) in [6.07, 6.45) is 18.6. The van der Waals surface area contributed by atoms with Crippen molar-refractivity contribution in [3.63, 3.8) is 0 Å². The van der Waals surface area contributed by atoms with Crippen LogP contribution < -0.4 is 10.6 Å². The Labute approximate surface area is 201 Å². The van der Waals surface area contributed by atoms with E-state index in [0.29, 0.717) is 23.4 Å². The Kier molecular flexibility index (Phi) is 11.5. The SMILES string of the molecule is CC(C)[C@H](CN1CCC(C2CCC(Cl)CC2)CC1)NCC1CCC2NC=CC=C2C1.O.O. The Morgan fingerprint density at radius 1 is 1.00 bits per heavy atom. The van der Waals surface area contributed by atoms with Gasteiger partial charge < -0.3 is 26.5 Å². The summed E-state index contributed by atoms with van der Waals surface area (Å²) in [6, 6.07) is 1.22. The van der Waals surface area contributed by atoms with Gasteiger partial charge in [0, 0.05) is 24.0 Å². The largest absolute Gasteiger partial charge is 0.412 e. The molecule has 4 rings (SSSR count). The summed E-state index contributed by atoms with van der Waals surface area (Å²) in [5, 5.41) is 7.97. The van der Waals surface area contributed by atoms with Gasteiger partial charge in [0.2, 0.25) is 0 Å². The van der Waals surface area contributed by atoms with E-state index in [-0.39, 0.29) is 11.0 Å². The van der Waals surface area contributed by atoms with Gasteiger partial charge in [0.05, 0.1) is 0 Å². The van der Waals surface area contributed by atoms with E-state index in [4.69, 9.17) is 11.6 Å². The van der Waals surface area contributed by atoms with E-state index in [2.05, 4.69) is 47.7 Å². The second-order valence-electron chi connectivity index (χ2n) is 10.9. The van der Waals surface area contributed by atoms with Crippen molar-refractivity contribution in [2.75, 3.05) is 26.2 Å². The minimum atomic E-state index is 0. The zero-order chi connectivity index (χ0) is 20.9. The first-order valence-electron chi connectivity index (χ1n) is 12.8. The highest BCUT2D eigenvalue weighted by molar-refractivity contribution is 6.20. The molecule has 0 radical (unpaired) electrons. The maximum absolute atomic E-state index is 6.33. The molecule has 0 aromatic carbocycles. The summed E-state index contributed by atoms with van der Waals surface area (Å²) in [5.74, 6) is 3.40. The number of allylic oxidation sites excluding steroid dienone is 2.